The highest BCUT2D eigenvalue weighted by Gasteiger charge is 2.22. The molecule has 4 N–H and O–H groups in total. The molecule has 5 rings (SSSR count). The van der Waals surface area contributed by atoms with E-state index >= 15 is 4.39 Å². The Hall–Kier alpha value is -4.34. The van der Waals surface area contributed by atoms with E-state index in [9.17, 15) is 4.79 Å². The van der Waals surface area contributed by atoms with Crippen LogP contribution in [0.4, 0.5) is 27.4 Å². The third-order valence-corrected chi connectivity index (χ3v) is 6.26. The van der Waals surface area contributed by atoms with Crippen molar-refractivity contribution in [1.82, 2.24) is 9.97 Å². The zero-order valence-corrected chi connectivity index (χ0v) is 20.2. The van der Waals surface area contributed by atoms with Crippen LogP contribution >= 0.6 is 0 Å². The number of aromatic nitrogens is 2. The average molecular weight is 499 g/mol. The second-order valence-electron chi connectivity index (χ2n) is 8.66. The predicted octanol–water partition coefficient (Wildman–Crippen LogP) is 4.47. The first-order chi connectivity index (χ1) is 18.1. The van der Waals surface area contributed by atoms with E-state index in [1.54, 1.807) is 36.5 Å². The molecule has 1 amide bonds. The number of nitrogens with two attached hydrogens (primary N) is 1. The van der Waals surface area contributed by atoms with Crippen LogP contribution in [0.25, 0.3) is 22.0 Å². The van der Waals surface area contributed by atoms with Crippen molar-refractivity contribution in [1.29, 1.82) is 0 Å². The van der Waals surface area contributed by atoms with E-state index < -0.39 is 5.82 Å². The molecule has 1 atom stereocenters. The number of amides is 1. The lowest BCUT2D eigenvalue weighted by Gasteiger charge is -2.36. The largest absolute Gasteiger partial charge is 0.377 e. The van der Waals surface area contributed by atoms with Gasteiger partial charge in [-0.05, 0) is 60.2 Å². The number of nitrogens with one attached hydrogen (secondary N) is 2. The SMILES string of the molecule is C=CC(=O)Nc1cccc(-c2c(F)ccc3cnc(Nc4ccc(N5CCOC[C@H]5CN)cc4)nc23)c1. The summed E-state index contributed by atoms with van der Waals surface area (Å²) in [5, 5.41) is 6.61. The molecule has 0 aliphatic carbocycles. The first-order valence-electron chi connectivity index (χ1n) is 12.0. The summed E-state index contributed by atoms with van der Waals surface area (Å²) in [6.45, 7) is 6.06. The Morgan fingerprint density at radius 3 is 2.81 bits per heavy atom. The summed E-state index contributed by atoms with van der Waals surface area (Å²) in [5.41, 5.74) is 9.67. The minimum absolute atomic E-state index is 0.147. The molecule has 1 aliphatic rings. The summed E-state index contributed by atoms with van der Waals surface area (Å²) < 4.78 is 20.6. The van der Waals surface area contributed by atoms with Gasteiger partial charge < -0.3 is 26.0 Å². The van der Waals surface area contributed by atoms with E-state index in [-0.39, 0.29) is 11.9 Å². The Balaban J connectivity index is 1.44. The molecule has 37 heavy (non-hydrogen) atoms. The van der Waals surface area contributed by atoms with Crippen LogP contribution < -0.4 is 21.3 Å². The van der Waals surface area contributed by atoms with Crippen LogP contribution in [0.3, 0.4) is 0 Å². The fourth-order valence-electron chi connectivity index (χ4n) is 4.41. The second kappa shape index (κ2) is 10.7. The van der Waals surface area contributed by atoms with Crippen LogP contribution in [0.15, 0.2) is 79.5 Å². The Kier molecular flexibility index (Phi) is 7.07. The third-order valence-electron chi connectivity index (χ3n) is 6.26. The Morgan fingerprint density at radius 1 is 1.19 bits per heavy atom. The summed E-state index contributed by atoms with van der Waals surface area (Å²) in [5.74, 6) is -0.425. The number of carbonyl (C=O) groups is 1. The third kappa shape index (κ3) is 5.28. The van der Waals surface area contributed by atoms with E-state index in [1.807, 2.05) is 24.3 Å². The van der Waals surface area contributed by atoms with E-state index in [0.29, 0.717) is 53.4 Å². The van der Waals surface area contributed by atoms with Gasteiger partial charge in [-0.15, -0.1) is 0 Å². The number of morpholine rings is 1. The standard InChI is InChI=1S/C28H27FN6O2/c1-2-25(36)32-21-5-3-4-18(14-21)26-24(29)11-6-19-16-31-28(34-27(19)26)33-20-7-9-22(10-8-20)35-12-13-37-17-23(35)15-30/h2-11,14,16,23H,1,12-13,15,17,30H2,(H,32,36)(H,31,33,34)/t23-/m1/s1. The lowest BCUT2D eigenvalue weighted by Crippen LogP contribution is -2.49. The molecule has 1 saturated heterocycles. The van der Waals surface area contributed by atoms with Gasteiger partial charge in [0.05, 0.1) is 24.8 Å². The number of carbonyl (C=O) groups excluding carboxylic acids is 1. The Bertz CT molecular complexity index is 1440. The van der Waals surface area contributed by atoms with Crippen molar-refractivity contribution in [2.75, 3.05) is 41.8 Å². The van der Waals surface area contributed by atoms with E-state index in [0.717, 1.165) is 17.9 Å². The maximum atomic E-state index is 15.1. The van der Waals surface area contributed by atoms with Gasteiger partial charge in [-0.3, -0.25) is 4.79 Å². The van der Waals surface area contributed by atoms with E-state index in [4.69, 9.17) is 10.5 Å². The number of nitrogens with zero attached hydrogens (tertiary/aromatic N) is 3. The van der Waals surface area contributed by atoms with Crippen LogP contribution in [-0.2, 0) is 9.53 Å². The predicted molar refractivity (Wildman–Crippen MR) is 144 cm³/mol. The molecule has 1 aromatic heterocycles. The number of anilines is 4. The minimum Gasteiger partial charge on any atom is -0.377 e. The number of hydrogen-bond donors (Lipinski definition) is 3. The van der Waals surface area contributed by atoms with Crippen LogP contribution in [0.2, 0.25) is 0 Å². The summed E-state index contributed by atoms with van der Waals surface area (Å²) in [6.07, 6.45) is 2.84. The highest BCUT2D eigenvalue weighted by molar-refractivity contribution is 6.00. The van der Waals surface area contributed by atoms with Crippen LogP contribution in [-0.4, -0.2) is 48.2 Å². The normalized spacial score (nSPS) is 15.4. The van der Waals surface area contributed by atoms with Crippen molar-refractivity contribution in [3.8, 4) is 11.1 Å². The van der Waals surface area contributed by atoms with Gasteiger partial charge in [-0.25, -0.2) is 14.4 Å². The maximum Gasteiger partial charge on any atom is 0.247 e. The summed E-state index contributed by atoms with van der Waals surface area (Å²) in [6, 6.07) is 18.1. The van der Waals surface area contributed by atoms with Crippen molar-refractivity contribution in [3.63, 3.8) is 0 Å². The van der Waals surface area contributed by atoms with Gasteiger partial charge in [0.1, 0.15) is 5.82 Å². The zero-order chi connectivity index (χ0) is 25.8. The molecule has 2 heterocycles. The zero-order valence-electron chi connectivity index (χ0n) is 20.2. The number of fused-ring (bicyclic) bond motifs is 1. The van der Waals surface area contributed by atoms with Crippen molar-refractivity contribution < 1.29 is 13.9 Å². The van der Waals surface area contributed by atoms with Crippen LogP contribution in [0.5, 0.6) is 0 Å². The summed E-state index contributed by atoms with van der Waals surface area (Å²) in [7, 11) is 0. The minimum atomic E-state index is -0.423. The van der Waals surface area contributed by atoms with Gasteiger partial charge >= 0.3 is 0 Å². The Morgan fingerprint density at radius 2 is 2.03 bits per heavy atom. The van der Waals surface area contributed by atoms with Gasteiger partial charge in [0, 0.05) is 47.3 Å². The molecule has 1 aliphatic heterocycles. The fraction of sp³-hybridized carbons (Fsp3) is 0.179. The topological polar surface area (TPSA) is 105 Å². The monoisotopic (exact) mass is 498 g/mol. The molecular weight excluding hydrogens is 471 g/mol. The Labute approximate surface area is 214 Å². The van der Waals surface area contributed by atoms with Crippen molar-refractivity contribution >= 4 is 39.8 Å². The first-order valence-corrected chi connectivity index (χ1v) is 12.0. The van der Waals surface area contributed by atoms with Gasteiger partial charge in [0.25, 0.3) is 0 Å². The lowest BCUT2D eigenvalue weighted by atomic mass is 10.0. The van der Waals surface area contributed by atoms with Crippen LogP contribution in [0.1, 0.15) is 0 Å². The van der Waals surface area contributed by atoms with Gasteiger partial charge in [-0.1, -0.05) is 18.7 Å². The highest BCUT2D eigenvalue weighted by Crippen LogP contribution is 2.32. The molecule has 3 aromatic carbocycles. The lowest BCUT2D eigenvalue weighted by molar-refractivity contribution is -0.111. The molecular formula is C28H27FN6O2. The molecule has 1 fully saturated rings. The average Bonchev–Trinajstić information content (AvgIpc) is 2.93. The first kappa shape index (κ1) is 24.4. The number of hydrogen-bond acceptors (Lipinski definition) is 7. The summed E-state index contributed by atoms with van der Waals surface area (Å²) in [4.78, 5) is 23.0. The van der Waals surface area contributed by atoms with Crippen molar-refractivity contribution in [2.45, 2.75) is 6.04 Å². The maximum absolute atomic E-state index is 15.1. The molecule has 0 bridgehead atoms. The van der Waals surface area contributed by atoms with Crippen molar-refractivity contribution in [3.05, 3.63) is 85.3 Å². The van der Waals surface area contributed by atoms with E-state index in [2.05, 4.69) is 32.1 Å². The molecule has 8 nitrogen and oxygen atoms in total. The van der Waals surface area contributed by atoms with Crippen molar-refractivity contribution in [2.24, 2.45) is 5.73 Å². The fourth-order valence-corrected chi connectivity index (χ4v) is 4.41. The molecule has 0 spiro atoms. The smallest absolute Gasteiger partial charge is 0.247 e. The highest BCUT2D eigenvalue weighted by atomic mass is 19.1. The summed E-state index contributed by atoms with van der Waals surface area (Å²) >= 11 is 0. The molecule has 4 aromatic rings. The molecule has 0 saturated carbocycles. The number of rotatable bonds is 7. The number of halogens is 1. The number of ether oxygens (including phenoxy) is 1. The van der Waals surface area contributed by atoms with Gasteiger partial charge in [-0.2, -0.15) is 0 Å². The molecule has 188 valence electrons. The molecule has 0 unspecified atom stereocenters. The number of benzene rings is 3. The second-order valence-corrected chi connectivity index (χ2v) is 8.66. The van der Waals surface area contributed by atoms with Crippen LogP contribution in [0, 0.1) is 5.82 Å². The van der Waals surface area contributed by atoms with Gasteiger partial charge in [0.15, 0.2) is 0 Å². The molecule has 0 radical (unpaired) electrons. The quantitative estimate of drug-likeness (QED) is 0.323. The molecule has 9 heteroatoms. The van der Waals surface area contributed by atoms with Gasteiger partial charge in [0.2, 0.25) is 11.9 Å². The van der Waals surface area contributed by atoms with E-state index in [1.165, 1.54) is 12.1 Å².